The number of halogens is 1. The monoisotopic (exact) mass is 384 g/mol. The van der Waals surface area contributed by atoms with Gasteiger partial charge in [0.2, 0.25) is 0 Å². The van der Waals surface area contributed by atoms with Gasteiger partial charge in [-0.2, -0.15) is 0 Å². The lowest BCUT2D eigenvalue weighted by atomic mass is 9.96. The van der Waals surface area contributed by atoms with Gasteiger partial charge < -0.3 is 9.80 Å². The van der Waals surface area contributed by atoms with Crippen LogP contribution in [0.3, 0.4) is 0 Å². The maximum atomic E-state index is 12.7. The number of carbonyl (C=O) groups excluding carboxylic acids is 1. The lowest BCUT2D eigenvalue weighted by molar-refractivity contribution is 0.0730. The van der Waals surface area contributed by atoms with Crippen molar-refractivity contribution in [3.63, 3.8) is 0 Å². The molecule has 1 atom stereocenters. The normalized spacial score (nSPS) is 17.7. The molecule has 0 aliphatic carbocycles. The fraction of sp³-hybridized carbons (Fsp3) is 0.435. The fourth-order valence-electron chi connectivity index (χ4n) is 3.83. The Morgan fingerprint density at radius 3 is 2.56 bits per heavy atom. The summed E-state index contributed by atoms with van der Waals surface area (Å²) in [5.41, 5.74) is 3.28. The Bertz CT molecular complexity index is 742. The Morgan fingerprint density at radius 2 is 1.85 bits per heavy atom. The van der Waals surface area contributed by atoms with Crippen molar-refractivity contribution in [2.75, 3.05) is 33.2 Å². The van der Waals surface area contributed by atoms with Crippen LogP contribution in [-0.4, -0.2) is 48.9 Å². The van der Waals surface area contributed by atoms with Crippen molar-refractivity contribution in [1.29, 1.82) is 0 Å². The molecule has 0 N–H and O–H groups in total. The summed E-state index contributed by atoms with van der Waals surface area (Å²) in [6.45, 7) is 6.15. The average molecular weight is 385 g/mol. The number of hydrogen-bond donors (Lipinski definition) is 0. The third-order valence-electron chi connectivity index (χ3n) is 5.41. The minimum atomic E-state index is 0.119. The molecule has 1 unspecified atom stereocenters. The number of benzene rings is 2. The molecule has 0 bridgehead atoms. The van der Waals surface area contributed by atoms with E-state index in [4.69, 9.17) is 11.6 Å². The average Bonchev–Trinajstić information content (AvgIpc) is 2.68. The summed E-state index contributed by atoms with van der Waals surface area (Å²) in [7, 11) is 1.93. The van der Waals surface area contributed by atoms with Crippen LogP contribution in [0.25, 0.3) is 0 Å². The van der Waals surface area contributed by atoms with E-state index in [2.05, 4.69) is 17.0 Å². The smallest absolute Gasteiger partial charge is 0.253 e. The zero-order chi connectivity index (χ0) is 19.2. The highest BCUT2D eigenvalue weighted by Gasteiger charge is 2.23. The number of likely N-dealkylation sites (tertiary alicyclic amines) is 1. The zero-order valence-electron chi connectivity index (χ0n) is 16.3. The van der Waals surface area contributed by atoms with Crippen LogP contribution in [0.1, 0.15) is 34.3 Å². The molecular weight excluding hydrogens is 356 g/mol. The van der Waals surface area contributed by atoms with Gasteiger partial charge in [-0.3, -0.25) is 4.79 Å². The number of carbonyl (C=O) groups is 1. The van der Waals surface area contributed by atoms with Gasteiger partial charge in [0.1, 0.15) is 0 Å². The molecule has 1 aliphatic rings. The van der Waals surface area contributed by atoms with Crippen molar-refractivity contribution in [1.82, 2.24) is 9.80 Å². The molecule has 144 valence electrons. The van der Waals surface area contributed by atoms with Crippen molar-refractivity contribution in [3.8, 4) is 0 Å². The van der Waals surface area contributed by atoms with Crippen LogP contribution in [0.15, 0.2) is 48.5 Å². The molecular formula is C23H29ClN2O. The number of aryl methyl sites for hydroxylation is 1. The van der Waals surface area contributed by atoms with Crippen molar-refractivity contribution in [2.24, 2.45) is 5.92 Å². The topological polar surface area (TPSA) is 23.6 Å². The summed E-state index contributed by atoms with van der Waals surface area (Å²) in [5.74, 6) is 0.664. The predicted molar refractivity (Wildman–Crippen MR) is 112 cm³/mol. The SMILES string of the molecule is Cc1ccc(C(=O)N(C)CC2CCCN(CCc3ccc(Cl)cc3)C2)cc1. The lowest BCUT2D eigenvalue weighted by Crippen LogP contribution is -2.42. The number of hydrogen-bond acceptors (Lipinski definition) is 2. The van der Waals surface area contributed by atoms with Crippen molar-refractivity contribution in [3.05, 3.63) is 70.2 Å². The molecule has 3 nitrogen and oxygen atoms in total. The van der Waals surface area contributed by atoms with Gasteiger partial charge in [-0.1, -0.05) is 41.4 Å². The van der Waals surface area contributed by atoms with E-state index >= 15 is 0 Å². The summed E-state index contributed by atoms with van der Waals surface area (Å²) in [6.07, 6.45) is 3.45. The second-order valence-electron chi connectivity index (χ2n) is 7.74. The number of nitrogens with zero attached hydrogens (tertiary/aromatic N) is 2. The Hall–Kier alpha value is -1.84. The first-order valence-electron chi connectivity index (χ1n) is 9.80. The van der Waals surface area contributed by atoms with Crippen LogP contribution in [0.2, 0.25) is 5.02 Å². The number of piperidine rings is 1. The zero-order valence-corrected chi connectivity index (χ0v) is 17.1. The summed E-state index contributed by atoms with van der Waals surface area (Å²) >= 11 is 5.96. The highest BCUT2D eigenvalue weighted by atomic mass is 35.5. The van der Waals surface area contributed by atoms with Crippen LogP contribution in [-0.2, 0) is 6.42 Å². The van der Waals surface area contributed by atoms with Crippen LogP contribution in [0.5, 0.6) is 0 Å². The molecule has 0 aromatic heterocycles. The van der Waals surface area contributed by atoms with E-state index in [1.807, 2.05) is 55.3 Å². The lowest BCUT2D eigenvalue weighted by Gasteiger charge is -2.34. The van der Waals surface area contributed by atoms with Gasteiger partial charge >= 0.3 is 0 Å². The van der Waals surface area contributed by atoms with E-state index in [1.54, 1.807) is 0 Å². The van der Waals surface area contributed by atoms with E-state index in [0.717, 1.165) is 43.2 Å². The molecule has 2 aromatic carbocycles. The first-order valence-corrected chi connectivity index (χ1v) is 10.2. The Balaban J connectivity index is 1.49. The third kappa shape index (κ3) is 5.82. The van der Waals surface area contributed by atoms with E-state index in [0.29, 0.717) is 5.92 Å². The minimum Gasteiger partial charge on any atom is -0.341 e. The number of amides is 1. The molecule has 0 radical (unpaired) electrons. The van der Waals surface area contributed by atoms with Crippen molar-refractivity contribution >= 4 is 17.5 Å². The van der Waals surface area contributed by atoms with Gasteiger partial charge in [0, 0.05) is 37.3 Å². The molecule has 1 aliphatic heterocycles. The second kappa shape index (κ2) is 9.38. The first kappa shape index (κ1) is 19.9. The summed E-state index contributed by atoms with van der Waals surface area (Å²) < 4.78 is 0. The largest absolute Gasteiger partial charge is 0.341 e. The van der Waals surface area contributed by atoms with Crippen LogP contribution >= 0.6 is 11.6 Å². The Labute approximate surface area is 167 Å². The maximum absolute atomic E-state index is 12.7. The second-order valence-corrected chi connectivity index (χ2v) is 8.17. The van der Waals surface area contributed by atoms with Gasteiger partial charge in [0.05, 0.1) is 0 Å². The maximum Gasteiger partial charge on any atom is 0.253 e. The Morgan fingerprint density at radius 1 is 1.15 bits per heavy atom. The van der Waals surface area contributed by atoms with Crippen molar-refractivity contribution in [2.45, 2.75) is 26.2 Å². The highest BCUT2D eigenvalue weighted by Crippen LogP contribution is 2.19. The minimum absolute atomic E-state index is 0.119. The molecule has 1 heterocycles. The van der Waals surface area contributed by atoms with Gasteiger partial charge in [-0.05, 0) is 68.5 Å². The molecule has 1 saturated heterocycles. The van der Waals surface area contributed by atoms with Gasteiger partial charge in [0.15, 0.2) is 0 Å². The molecule has 2 aromatic rings. The van der Waals surface area contributed by atoms with Crippen LogP contribution < -0.4 is 0 Å². The predicted octanol–water partition coefficient (Wildman–Crippen LogP) is 4.68. The van der Waals surface area contributed by atoms with Crippen LogP contribution in [0, 0.1) is 12.8 Å². The third-order valence-corrected chi connectivity index (χ3v) is 5.66. The standard InChI is InChI=1S/C23H29ClN2O/c1-18-5-9-21(10-6-18)23(27)25(2)16-20-4-3-14-26(17-20)15-13-19-7-11-22(24)12-8-19/h5-12,20H,3-4,13-17H2,1-2H3. The summed E-state index contributed by atoms with van der Waals surface area (Å²) in [6, 6.07) is 16.0. The Kier molecular flexibility index (Phi) is 6.92. The van der Waals surface area contributed by atoms with Crippen LogP contribution in [0.4, 0.5) is 0 Å². The molecule has 1 fully saturated rings. The molecule has 3 rings (SSSR count). The first-order chi connectivity index (χ1) is 13.0. The highest BCUT2D eigenvalue weighted by molar-refractivity contribution is 6.30. The van der Waals surface area contributed by atoms with Gasteiger partial charge in [-0.15, -0.1) is 0 Å². The molecule has 0 spiro atoms. The fourth-order valence-corrected chi connectivity index (χ4v) is 3.95. The van der Waals surface area contributed by atoms with Crippen molar-refractivity contribution < 1.29 is 4.79 Å². The molecule has 4 heteroatoms. The summed E-state index contributed by atoms with van der Waals surface area (Å²) in [5, 5.41) is 0.790. The molecule has 27 heavy (non-hydrogen) atoms. The van der Waals surface area contributed by atoms with E-state index < -0.39 is 0 Å². The van der Waals surface area contributed by atoms with Gasteiger partial charge in [-0.25, -0.2) is 0 Å². The summed E-state index contributed by atoms with van der Waals surface area (Å²) in [4.78, 5) is 17.1. The number of rotatable bonds is 6. The van der Waals surface area contributed by atoms with Gasteiger partial charge in [0.25, 0.3) is 5.91 Å². The molecule has 0 saturated carbocycles. The van der Waals surface area contributed by atoms with E-state index in [9.17, 15) is 4.79 Å². The van der Waals surface area contributed by atoms with E-state index in [-0.39, 0.29) is 5.91 Å². The quantitative estimate of drug-likeness (QED) is 0.722. The van der Waals surface area contributed by atoms with E-state index in [1.165, 1.54) is 24.0 Å². The molecule has 1 amide bonds.